The first-order valence-corrected chi connectivity index (χ1v) is 9.43. The summed E-state index contributed by atoms with van der Waals surface area (Å²) in [6.45, 7) is 6.83. The van der Waals surface area contributed by atoms with Crippen LogP contribution < -0.4 is 10.6 Å². The second-order valence-electron chi connectivity index (χ2n) is 6.00. The molecule has 0 aliphatic carbocycles. The van der Waals surface area contributed by atoms with Gasteiger partial charge in [0.1, 0.15) is 0 Å². The highest BCUT2D eigenvalue weighted by atomic mass is 32.2. The minimum atomic E-state index is -3.19. The topological polar surface area (TPSA) is 75.3 Å². The van der Waals surface area contributed by atoms with Gasteiger partial charge in [-0.25, -0.2) is 13.2 Å². The number of urea groups is 1. The SMILES string of the molecule is CC(C)CCCNC(=O)NC(C)c1ccc(S(C)(=O)=O)cc1. The Morgan fingerprint density at radius 1 is 1.14 bits per heavy atom. The van der Waals surface area contributed by atoms with Gasteiger partial charge in [0, 0.05) is 12.8 Å². The van der Waals surface area contributed by atoms with Crippen molar-refractivity contribution >= 4 is 15.9 Å². The van der Waals surface area contributed by atoms with E-state index < -0.39 is 9.84 Å². The maximum absolute atomic E-state index is 11.8. The molecule has 0 aliphatic rings. The quantitative estimate of drug-likeness (QED) is 0.757. The Bertz CT molecular complexity index is 580. The molecular formula is C16H26N2O3S. The Balaban J connectivity index is 2.47. The fourth-order valence-corrected chi connectivity index (χ4v) is 2.68. The smallest absolute Gasteiger partial charge is 0.315 e. The van der Waals surface area contributed by atoms with Gasteiger partial charge >= 0.3 is 6.03 Å². The molecule has 2 N–H and O–H groups in total. The number of benzene rings is 1. The number of amides is 2. The molecule has 0 saturated carbocycles. The number of hydrogen-bond donors (Lipinski definition) is 2. The largest absolute Gasteiger partial charge is 0.338 e. The average molecular weight is 326 g/mol. The van der Waals surface area contributed by atoms with Crippen LogP contribution in [0.3, 0.4) is 0 Å². The molecular weight excluding hydrogens is 300 g/mol. The van der Waals surface area contributed by atoms with Crippen molar-refractivity contribution in [3.05, 3.63) is 29.8 Å². The molecule has 0 fully saturated rings. The van der Waals surface area contributed by atoms with Gasteiger partial charge < -0.3 is 10.6 Å². The number of hydrogen-bond acceptors (Lipinski definition) is 3. The van der Waals surface area contributed by atoms with Gasteiger partial charge in [0.05, 0.1) is 10.9 Å². The van der Waals surface area contributed by atoms with Gasteiger partial charge in [-0.2, -0.15) is 0 Å². The average Bonchev–Trinajstić information content (AvgIpc) is 2.42. The van der Waals surface area contributed by atoms with E-state index >= 15 is 0 Å². The summed E-state index contributed by atoms with van der Waals surface area (Å²) < 4.78 is 22.8. The summed E-state index contributed by atoms with van der Waals surface area (Å²) in [5, 5.41) is 5.67. The molecule has 0 radical (unpaired) electrons. The van der Waals surface area contributed by atoms with Gasteiger partial charge in [-0.15, -0.1) is 0 Å². The van der Waals surface area contributed by atoms with E-state index in [1.807, 2.05) is 6.92 Å². The van der Waals surface area contributed by atoms with Crippen LogP contribution in [0.2, 0.25) is 0 Å². The zero-order chi connectivity index (χ0) is 16.8. The fraction of sp³-hybridized carbons (Fsp3) is 0.562. The standard InChI is InChI=1S/C16H26N2O3S/c1-12(2)6-5-11-17-16(19)18-13(3)14-7-9-15(10-8-14)22(4,20)21/h7-10,12-13H,5-6,11H2,1-4H3,(H2,17,18,19). The second kappa shape index (κ2) is 8.17. The summed E-state index contributed by atoms with van der Waals surface area (Å²) in [6.07, 6.45) is 3.22. The van der Waals surface area contributed by atoms with E-state index in [2.05, 4.69) is 24.5 Å². The lowest BCUT2D eigenvalue weighted by Crippen LogP contribution is -2.37. The van der Waals surface area contributed by atoms with Crippen LogP contribution in [-0.2, 0) is 9.84 Å². The Morgan fingerprint density at radius 3 is 2.23 bits per heavy atom. The van der Waals surface area contributed by atoms with Gasteiger partial charge in [0.2, 0.25) is 0 Å². The highest BCUT2D eigenvalue weighted by molar-refractivity contribution is 7.90. The van der Waals surface area contributed by atoms with E-state index in [-0.39, 0.29) is 17.0 Å². The van der Waals surface area contributed by atoms with Crippen molar-refractivity contribution in [3.8, 4) is 0 Å². The summed E-state index contributed by atoms with van der Waals surface area (Å²) in [7, 11) is -3.19. The first kappa shape index (κ1) is 18.5. The predicted molar refractivity (Wildman–Crippen MR) is 88.6 cm³/mol. The summed E-state index contributed by atoms with van der Waals surface area (Å²) in [6, 6.07) is 6.18. The zero-order valence-electron chi connectivity index (χ0n) is 13.7. The minimum absolute atomic E-state index is 0.182. The minimum Gasteiger partial charge on any atom is -0.338 e. The van der Waals surface area contributed by atoms with Crippen molar-refractivity contribution in [3.63, 3.8) is 0 Å². The number of nitrogens with one attached hydrogen (secondary N) is 2. The lowest BCUT2D eigenvalue weighted by atomic mass is 10.1. The van der Waals surface area contributed by atoms with E-state index in [1.54, 1.807) is 24.3 Å². The van der Waals surface area contributed by atoms with E-state index in [9.17, 15) is 13.2 Å². The predicted octanol–water partition coefficient (Wildman–Crippen LogP) is 2.89. The molecule has 5 nitrogen and oxygen atoms in total. The van der Waals surface area contributed by atoms with Crippen molar-refractivity contribution in [2.24, 2.45) is 5.92 Å². The van der Waals surface area contributed by atoms with E-state index in [1.165, 1.54) is 6.26 Å². The molecule has 0 saturated heterocycles. The molecule has 6 heteroatoms. The van der Waals surface area contributed by atoms with Crippen molar-refractivity contribution in [1.29, 1.82) is 0 Å². The Morgan fingerprint density at radius 2 is 1.73 bits per heavy atom. The molecule has 1 unspecified atom stereocenters. The summed E-state index contributed by atoms with van der Waals surface area (Å²) in [5.74, 6) is 0.636. The highest BCUT2D eigenvalue weighted by Crippen LogP contribution is 2.16. The molecule has 124 valence electrons. The first-order valence-electron chi connectivity index (χ1n) is 7.54. The molecule has 1 aromatic carbocycles. The fourth-order valence-electron chi connectivity index (χ4n) is 2.05. The molecule has 1 aromatic rings. The summed E-state index contributed by atoms with van der Waals surface area (Å²) >= 11 is 0. The van der Waals surface area contributed by atoms with E-state index in [0.29, 0.717) is 12.5 Å². The molecule has 1 rings (SSSR count). The van der Waals surface area contributed by atoms with Crippen LogP contribution in [0.4, 0.5) is 4.79 Å². The summed E-state index contributed by atoms with van der Waals surface area (Å²) in [4.78, 5) is 12.1. The zero-order valence-corrected chi connectivity index (χ0v) is 14.5. The normalized spacial score (nSPS) is 13.0. The summed E-state index contributed by atoms with van der Waals surface area (Å²) in [5.41, 5.74) is 0.865. The lowest BCUT2D eigenvalue weighted by molar-refractivity contribution is 0.237. The Hall–Kier alpha value is -1.56. The number of rotatable bonds is 7. The molecule has 22 heavy (non-hydrogen) atoms. The third kappa shape index (κ3) is 6.47. The number of sulfone groups is 1. The molecule has 2 amide bonds. The molecule has 1 atom stereocenters. The number of carbonyl (C=O) groups excluding carboxylic acids is 1. The van der Waals surface area contributed by atoms with Crippen LogP contribution in [0, 0.1) is 5.92 Å². The van der Waals surface area contributed by atoms with E-state index in [0.717, 1.165) is 18.4 Å². The van der Waals surface area contributed by atoms with Crippen LogP contribution >= 0.6 is 0 Å². The van der Waals surface area contributed by atoms with Crippen LogP contribution in [0.15, 0.2) is 29.2 Å². The van der Waals surface area contributed by atoms with Crippen LogP contribution in [0.5, 0.6) is 0 Å². The third-order valence-electron chi connectivity index (χ3n) is 3.40. The molecule has 0 spiro atoms. The molecule has 0 aliphatic heterocycles. The maximum atomic E-state index is 11.8. The van der Waals surface area contributed by atoms with Crippen LogP contribution in [0.25, 0.3) is 0 Å². The molecule has 0 heterocycles. The van der Waals surface area contributed by atoms with Crippen molar-refractivity contribution in [2.75, 3.05) is 12.8 Å². The van der Waals surface area contributed by atoms with Gasteiger partial charge in [0.25, 0.3) is 0 Å². The van der Waals surface area contributed by atoms with Crippen molar-refractivity contribution in [1.82, 2.24) is 10.6 Å². The van der Waals surface area contributed by atoms with Gasteiger partial charge in [-0.05, 0) is 43.4 Å². The van der Waals surface area contributed by atoms with Gasteiger partial charge in [-0.3, -0.25) is 0 Å². The highest BCUT2D eigenvalue weighted by Gasteiger charge is 2.11. The van der Waals surface area contributed by atoms with Gasteiger partial charge in [0.15, 0.2) is 9.84 Å². The lowest BCUT2D eigenvalue weighted by Gasteiger charge is -2.15. The maximum Gasteiger partial charge on any atom is 0.315 e. The third-order valence-corrected chi connectivity index (χ3v) is 4.53. The first-order chi connectivity index (χ1) is 10.2. The molecule has 0 bridgehead atoms. The van der Waals surface area contributed by atoms with Crippen molar-refractivity contribution in [2.45, 2.75) is 44.6 Å². The monoisotopic (exact) mass is 326 g/mol. The second-order valence-corrected chi connectivity index (χ2v) is 8.01. The van der Waals surface area contributed by atoms with Crippen LogP contribution in [-0.4, -0.2) is 27.2 Å². The number of carbonyl (C=O) groups is 1. The molecule has 0 aromatic heterocycles. The van der Waals surface area contributed by atoms with Crippen LogP contribution in [0.1, 0.15) is 45.2 Å². The van der Waals surface area contributed by atoms with Crippen molar-refractivity contribution < 1.29 is 13.2 Å². The Labute approximate surface area is 133 Å². The van der Waals surface area contributed by atoms with E-state index in [4.69, 9.17) is 0 Å². The Kier molecular flexibility index (Phi) is 6.87. The van der Waals surface area contributed by atoms with Gasteiger partial charge in [-0.1, -0.05) is 26.0 Å².